The summed E-state index contributed by atoms with van der Waals surface area (Å²) in [6, 6.07) is 0.440. The van der Waals surface area contributed by atoms with Crippen molar-refractivity contribution in [1.82, 2.24) is 19.7 Å². The van der Waals surface area contributed by atoms with E-state index < -0.39 is 0 Å². The second-order valence-corrected chi connectivity index (χ2v) is 7.16. The number of thiazole rings is 1. The quantitative estimate of drug-likeness (QED) is 0.878. The zero-order valence-electron chi connectivity index (χ0n) is 13.5. The molecule has 6 nitrogen and oxygen atoms in total. The Hall–Kier alpha value is -1.76. The summed E-state index contributed by atoms with van der Waals surface area (Å²) in [4.78, 5) is 20.6. The van der Waals surface area contributed by atoms with E-state index in [9.17, 15) is 4.79 Å². The molecule has 23 heavy (non-hydrogen) atoms. The maximum atomic E-state index is 12.0. The number of carbonyl (C=O) groups excluding carboxylic acids is 1. The SMILES string of the molecule is Cc1nc(CCCC(=O)Nc2ncn(C3CCCCC3)n2)cs1. The van der Waals surface area contributed by atoms with Crippen LogP contribution in [0.1, 0.15) is 61.7 Å². The normalized spacial score (nSPS) is 15.7. The van der Waals surface area contributed by atoms with Crippen LogP contribution < -0.4 is 5.32 Å². The van der Waals surface area contributed by atoms with E-state index in [1.54, 1.807) is 17.7 Å². The van der Waals surface area contributed by atoms with Gasteiger partial charge in [-0.2, -0.15) is 0 Å². The highest BCUT2D eigenvalue weighted by atomic mass is 32.1. The van der Waals surface area contributed by atoms with Crippen molar-refractivity contribution in [2.75, 3.05) is 5.32 Å². The first kappa shape index (κ1) is 16.1. The fourth-order valence-corrected chi connectivity index (χ4v) is 3.64. The van der Waals surface area contributed by atoms with Crippen molar-refractivity contribution in [3.05, 3.63) is 22.4 Å². The summed E-state index contributed by atoms with van der Waals surface area (Å²) in [6.07, 6.45) is 9.96. The van der Waals surface area contributed by atoms with Crippen LogP contribution in [-0.2, 0) is 11.2 Å². The van der Waals surface area contributed by atoms with Gasteiger partial charge >= 0.3 is 0 Å². The molecule has 0 unspecified atom stereocenters. The van der Waals surface area contributed by atoms with Crippen molar-refractivity contribution in [2.45, 2.75) is 64.3 Å². The van der Waals surface area contributed by atoms with Crippen molar-refractivity contribution < 1.29 is 4.79 Å². The van der Waals surface area contributed by atoms with Crippen molar-refractivity contribution in [3.63, 3.8) is 0 Å². The lowest BCUT2D eigenvalue weighted by Gasteiger charge is -2.21. The minimum Gasteiger partial charge on any atom is -0.293 e. The maximum Gasteiger partial charge on any atom is 0.248 e. The number of aryl methyl sites for hydroxylation is 2. The minimum absolute atomic E-state index is 0.0293. The first-order valence-corrected chi connectivity index (χ1v) is 9.20. The van der Waals surface area contributed by atoms with Gasteiger partial charge in [-0.25, -0.2) is 14.6 Å². The molecule has 2 aromatic rings. The topological polar surface area (TPSA) is 72.7 Å². The third-order valence-corrected chi connectivity index (χ3v) is 5.03. The second kappa shape index (κ2) is 7.68. The highest BCUT2D eigenvalue weighted by Gasteiger charge is 2.17. The van der Waals surface area contributed by atoms with Crippen LogP contribution in [0.2, 0.25) is 0 Å². The molecule has 1 aliphatic carbocycles. The molecule has 0 saturated heterocycles. The molecule has 124 valence electrons. The molecule has 0 spiro atoms. The molecule has 1 amide bonds. The van der Waals surface area contributed by atoms with Crippen LogP contribution >= 0.6 is 11.3 Å². The van der Waals surface area contributed by atoms with E-state index in [0.717, 1.165) is 36.4 Å². The van der Waals surface area contributed by atoms with E-state index in [-0.39, 0.29) is 5.91 Å². The van der Waals surface area contributed by atoms with Crippen LogP contribution in [0, 0.1) is 6.92 Å². The summed E-state index contributed by atoms with van der Waals surface area (Å²) < 4.78 is 1.91. The molecule has 2 aromatic heterocycles. The fourth-order valence-electron chi connectivity index (χ4n) is 2.99. The zero-order chi connectivity index (χ0) is 16.1. The van der Waals surface area contributed by atoms with Gasteiger partial charge in [0.2, 0.25) is 11.9 Å². The summed E-state index contributed by atoms with van der Waals surface area (Å²) in [7, 11) is 0. The van der Waals surface area contributed by atoms with Gasteiger partial charge in [0.15, 0.2) is 0 Å². The van der Waals surface area contributed by atoms with Gasteiger partial charge in [0.05, 0.1) is 16.7 Å². The van der Waals surface area contributed by atoms with Crippen LogP contribution in [0.15, 0.2) is 11.7 Å². The molecule has 0 aliphatic heterocycles. The molecule has 0 bridgehead atoms. The Morgan fingerprint density at radius 2 is 2.22 bits per heavy atom. The van der Waals surface area contributed by atoms with Gasteiger partial charge in [-0.3, -0.25) is 10.1 Å². The highest BCUT2D eigenvalue weighted by Crippen LogP contribution is 2.27. The van der Waals surface area contributed by atoms with Gasteiger partial charge in [0, 0.05) is 11.8 Å². The number of nitrogens with one attached hydrogen (secondary N) is 1. The number of carbonyl (C=O) groups is 1. The van der Waals surface area contributed by atoms with Crippen molar-refractivity contribution >= 4 is 23.2 Å². The first-order valence-electron chi connectivity index (χ1n) is 8.33. The van der Waals surface area contributed by atoms with E-state index in [0.29, 0.717) is 18.4 Å². The molecule has 3 rings (SSSR count). The molecule has 1 N–H and O–H groups in total. The van der Waals surface area contributed by atoms with Crippen LogP contribution in [0.4, 0.5) is 5.95 Å². The van der Waals surface area contributed by atoms with Gasteiger partial charge in [-0.15, -0.1) is 16.4 Å². The van der Waals surface area contributed by atoms with Crippen molar-refractivity contribution in [2.24, 2.45) is 0 Å². The lowest BCUT2D eigenvalue weighted by molar-refractivity contribution is -0.116. The molecule has 7 heteroatoms. The van der Waals surface area contributed by atoms with E-state index in [1.165, 1.54) is 19.3 Å². The summed E-state index contributed by atoms with van der Waals surface area (Å²) >= 11 is 1.65. The monoisotopic (exact) mass is 333 g/mol. The largest absolute Gasteiger partial charge is 0.293 e. The molecule has 1 saturated carbocycles. The van der Waals surface area contributed by atoms with Crippen LogP contribution in [0.3, 0.4) is 0 Å². The minimum atomic E-state index is -0.0293. The van der Waals surface area contributed by atoms with Crippen molar-refractivity contribution in [1.29, 1.82) is 0 Å². The maximum absolute atomic E-state index is 12.0. The van der Waals surface area contributed by atoms with Gasteiger partial charge in [-0.1, -0.05) is 19.3 Å². The Morgan fingerprint density at radius 1 is 1.39 bits per heavy atom. The van der Waals surface area contributed by atoms with Crippen LogP contribution in [-0.4, -0.2) is 25.7 Å². The predicted molar refractivity (Wildman–Crippen MR) is 90.6 cm³/mol. The predicted octanol–water partition coefficient (Wildman–Crippen LogP) is 3.51. The first-order chi connectivity index (χ1) is 11.2. The average molecular weight is 333 g/mol. The van der Waals surface area contributed by atoms with E-state index >= 15 is 0 Å². The smallest absolute Gasteiger partial charge is 0.248 e. The average Bonchev–Trinajstić information content (AvgIpc) is 3.17. The summed E-state index contributed by atoms with van der Waals surface area (Å²) in [5.41, 5.74) is 1.07. The zero-order valence-corrected chi connectivity index (χ0v) is 14.3. The van der Waals surface area contributed by atoms with Gasteiger partial charge < -0.3 is 0 Å². The molecule has 0 radical (unpaired) electrons. The Balaban J connectivity index is 1.43. The molecule has 0 aromatic carbocycles. The second-order valence-electron chi connectivity index (χ2n) is 6.10. The number of aromatic nitrogens is 4. The number of anilines is 1. The Labute approximate surface area is 140 Å². The third-order valence-electron chi connectivity index (χ3n) is 4.21. The number of amides is 1. The van der Waals surface area contributed by atoms with Crippen LogP contribution in [0.25, 0.3) is 0 Å². The summed E-state index contributed by atoms with van der Waals surface area (Å²) in [5.74, 6) is 0.392. The Morgan fingerprint density at radius 3 is 2.96 bits per heavy atom. The molecule has 1 fully saturated rings. The lowest BCUT2D eigenvalue weighted by atomic mass is 9.96. The number of nitrogens with zero attached hydrogens (tertiary/aromatic N) is 4. The number of rotatable bonds is 6. The van der Waals surface area contributed by atoms with E-state index in [4.69, 9.17) is 0 Å². The molecule has 2 heterocycles. The highest BCUT2D eigenvalue weighted by molar-refractivity contribution is 7.09. The van der Waals surface area contributed by atoms with Gasteiger partial charge in [-0.05, 0) is 32.6 Å². The van der Waals surface area contributed by atoms with E-state index in [1.807, 2.05) is 11.6 Å². The molecule has 0 atom stereocenters. The molecule has 1 aliphatic rings. The van der Waals surface area contributed by atoms with Crippen LogP contribution in [0.5, 0.6) is 0 Å². The molecular formula is C16H23N5OS. The number of hydrogen-bond donors (Lipinski definition) is 1. The Kier molecular flexibility index (Phi) is 5.38. The number of hydrogen-bond acceptors (Lipinski definition) is 5. The summed E-state index contributed by atoms with van der Waals surface area (Å²) in [6.45, 7) is 2.00. The van der Waals surface area contributed by atoms with Gasteiger partial charge in [0.25, 0.3) is 0 Å². The fraction of sp³-hybridized carbons (Fsp3) is 0.625. The van der Waals surface area contributed by atoms with Gasteiger partial charge in [0.1, 0.15) is 6.33 Å². The summed E-state index contributed by atoms with van der Waals surface area (Å²) in [5, 5.41) is 10.3. The standard InChI is InChI=1S/C16H23N5OS/c1-12-18-13(10-23-12)6-5-9-15(22)19-16-17-11-21(20-16)14-7-3-2-4-8-14/h10-11,14H,2-9H2,1H3,(H,19,20,22). The Bertz CT molecular complexity index is 644. The third kappa shape index (κ3) is 4.60. The van der Waals surface area contributed by atoms with Crippen molar-refractivity contribution in [3.8, 4) is 0 Å². The lowest BCUT2D eigenvalue weighted by Crippen LogP contribution is -2.15. The molecular weight excluding hydrogens is 310 g/mol. The van der Waals surface area contributed by atoms with E-state index in [2.05, 4.69) is 25.8 Å².